The molecule has 4 nitrogen and oxygen atoms in total. The SMILES string of the molecule is O=C(O)c1cc2[nH]cnc2c(F)c1F. The van der Waals surface area contributed by atoms with E-state index in [4.69, 9.17) is 5.11 Å². The molecule has 2 aromatic rings. The summed E-state index contributed by atoms with van der Waals surface area (Å²) in [6, 6.07) is 1.00. The van der Waals surface area contributed by atoms with Crippen LogP contribution in [0, 0.1) is 11.6 Å². The molecule has 0 radical (unpaired) electrons. The average Bonchev–Trinajstić information content (AvgIpc) is 2.58. The molecular weight excluding hydrogens is 194 g/mol. The van der Waals surface area contributed by atoms with Gasteiger partial charge in [-0.25, -0.2) is 18.6 Å². The van der Waals surface area contributed by atoms with Gasteiger partial charge in [-0.2, -0.15) is 0 Å². The van der Waals surface area contributed by atoms with Crippen molar-refractivity contribution in [3.8, 4) is 0 Å². The van der Waals surface area contributed by atoms with Crippen LogP contribution in [-0.2, 0) is 0 Å². The van der Waals surface area contributed by atoms with E-state index in [0.717, 1.165) is 6.07 Å². The molecule has 0 aliphatic rings. The highest BCUT2D eigenvalue weighted by Crippen LogP contribution is 2.20. The van der Waals surface area contributed by atoms with Crippen LogP contribution in [0.2, 0.25) is 0 Å². The smallest absolute Gasteiger partial charge is 0.338 e. The summed E-state index contributed by atoms with van der Waals surface area (Å²) in [5, 5.41) is 8.55. The second-order valence-corrected chi connectivity index (χ2v) is 2.66. The van der Waals surface area contributed by atoms with E-state index in [0.29, 0.717) is 0 Å². The molecule has 0 fully saturated rings. The van der Waals surface area contributed by atoms with Crippen molar-refractivity contribution in [2.45, 2.75) is 0 Å². The van der Waals surface area contributed by atoms with Crippen LogP contribution in [0.15, 0.2) is 12.4 Å². The first-order valence-electron chi connectivity index (χ1n) is 3.65. The van der Waals surface area contributed by atoms with Gasteiger partial charge in [0.15, 0.2) is 11.6 Å². The van der Waals surface area contributed by atoms with Crippen molar-refractivity contribution in [3.05, 3.63) is 29.6 Å². The number of nitrogens with zero attached hydrogens (tertiary/aromatic N) is 1. The molecule has 2 rings (SSSR count). The standard InChI is InChI=1S/C8H4F2N2O2/c9-5-3(8(13)14)1-4-7(6(5)10)12-2-11-4/h1-2H,(H,11,12)(H,13,14). The molecular formula is C8H4F2N2O2. The number of aromatic carboxylic acids is 1. The van der Waals surface area contributed by atoms with Gasteiger partial charge in [0.2, 0.25) is 0 Å². The number of H-pyrrole nitrogens is 1. The summed E-state index contributed by atoms with van der Waals surface area (Å²) in [6.45, 7) is 0. The van der Waals surface area contributed by atoms with Crippen LogP contribution in [-0.4, -0.2) is 21.0 Å². The molecule has 1 aromatic heterocycles. The predicted molar refractivity (Wildman–Crippen MR) is 43.0 cm³/mol. The Kier molecular flexibility index (Phi) is 1.70. The third kappa shape index (κ3) is 1.04. The molecule has 2 N–H and O–H groups in total. The van der Waals surface area contributed by atoms with Crippen LogP contribution in [0.5, 0.6) is 0 Å². The molecule has 72 valence electrons. The Hall–Kier alpha value is -1.98. The lowest BCUT2D eigenvalue weighted by atomic mass is 10.2. The Morgan fingerprint density at radius 2 is 2.14 bits per heavy atom. The third-order valence-corrected chi connectivity index (χ3v) is 1.82. The summed E-state index contributed by atoms with van der Waals surface area (Å²) in [5.41, 5.74) is -0.756. The number of rotatable bonds is 1. The Morgan fingerprint density at radius 1 is 1.43 bits per heavy atom. The minimum absolute atomic E-state index is 0.154. The molecule has 0 saturated heterocycles. The van der Waals surface area contributed by atoms with Crippen LogP contribution >= 0.6 is 0 Å². The number of imidazole rings is 1. The highest BCUT2D eigenvalue weighted by molar-refractivity contribution is 5.92. The summed E-state index contributed by atoms with van der Waals surface area (Å²) in [4.78, 5) is 16.5. The zero-order valence-electron chi connectivity index (χ0n) is 6.71. The van der Waals surface area contributed by atoms with Crippen LogP contribution in [0.3, 0.4) is 0 Å². The van der Waals surface area contributed by atoms with Crippen LogP contribution < -0.4 is 0 Å². The summed E-state index contributed by atoms with van der Waals surface area (Å²) < 4.78 is 26.2. The number of benzene rings is 1. The Balaban J connectivity index is 2.87. The summed E-state index contributed by atoms with van der Waals surface area (Å²) in [6.07, 6.45) is 1.17. The monoisotopic (exact) mass is 198 g/mol. The van der Waals surface area contributed by atoms with Gasteiger partial charge in [-0.1, -0.05) is 0 Å². The lowest BCUT2D eigenvalue weighted by Crippen LogP contribution is -2.03. The molecule has 6 heteroatoms. The molecule has 0 spiro atoms. The van der Waals surface area contributed by atoms with Gasteiger partial charge in [0.25, 0.3) is 0 Å². The largest absolute Gasteiger partial charge is 0.478 e. The first-order valence-corrected chi connectivity index (χ1v) is 3.65. The molecule has 0 atom stereocenters. The van der Waals surface area contributed by atoms with E-state index < -0.39 is 23.2 Å². The number of nitrogens with one attached hydrogen (secondary N) is 1. The maximum absolute atomic E-state index is 13.1. The van der Waals surface area contributed by atoms with E-state index in [1.54, 1.807) is 0 Å². The second kappa shape index (κ2) is 2.76. The zero-order valence-corrected chi connectivity index (χ0v) is 6.71. The average molecular weight is 198 g/mol. The molecule has 0 saturated carbocycles. The molecule has 0 unspecified atom stereocenters. The van der Waals surface area contributed by atoms with Gasteiger partial charge in [-0.15, -0.1) is 0 Å². The fourth-order valence-corrected chi connectivity index (χ4v) is 1.17. The van der Waals surface area contributed by atoms with Crippen LogP contribution in [0.4, 0.5) is 8.78 Å². The number of aromatic amines is 1. The number of hydrogen-bond acceptors (Lipinski definition) is 2. The number of halogens is 2. The normalized spacial score (nSPS) is 10.7. The Labute approximate surface area is 76.2 Å². The number of aromatic nitrogens is 2. The van der Waals surface area contributed by atoms with Crippen molar-refractivity contribution in [1.82, 2.24) is 9.97 Å². The molecule has 14 heavy (non-hydrogen) atoms. The fourth-order valence-electron chi connectivity index (χ4n) is 1.17. The molecule has 0 bridgehead atoms. The Bertz CT molecular complexity index is 521. The summed E-state index contributed by atoms with van der Waals surface area (Å²) in [5.74, 6) is -4.16. The third-order valence-electron chi connectivity index (χ3n) is 1.82. The van der Waals surface area contributed by atoms with Crippen molar-refractivity contribution in [3.63, 3.8) is 0 Å². The number of carboxylic acids is 1. The maximum Gasteiger partial charge on any atom is 0.338 e. The van der Waals surface area contributed by atoms with E-state index in [1.807, 2.05) is 0 Å². The predicted octanol–water partition coefficient (Wildman–Crippen LogP) is 1.54. The number of carbonyl (C=O) groups is 1. The van der Waals surface area contributed by atoms with Crippen LogP contribution in [0.25, 0.3) is 11.0 Å². The quantitative estimate of drug-likeness (QED) is 0.730. The minimum atomic E-state index is -1.52. The summed E-state index contributed by atoms with van der Waals surface area (Å²) >= 11 is 0. The lowest BCUT2D eigenvalue weighted by Gasteiger charge is -1.98. The van der Waals surface area contributed by atoms with Crippen LogP contribution in [0.1, 0.15) is 10.4 Å². The number of carboxylic acid groups (broad SMARTS) is 1. The maximum atomic E-state index is 13.1. The zero-order chi connectivity index (χ0) is 10.3. The highest BCUT2D eigenvalue weighted by atomic mass is 19.2. The van der Waals surface area contributed by atoms with Gasteiger partial charge in [0.05, 0.1) is 11.8 Å². The van der Waals surface area contributed by atoms with Crippen molar-refractivity contribution in [2.24, 2.45) is 0 Å². The summed E-state index contributed by atoms with van der Waals surface area (Å²) in [7, 11) is 0. The van der Waals surface area contributed by atoms with E-state index in [2.05, 4.69) is 9.97 Å². The van der Waals surface area contributed by atoms with E-state index in [1.165, 1.54) is 6.33 Å². The molecule has 1 aromatic carbocycles. The highest BCUT2D eigenvalue weighted by Gasteiger charge is 2.19. The Morgan fingerprint density at radius 3 is 2.79 bits per heavy atom. The first-order chi connectivity index (χ1) is 6.61. The molecule has 0 amide bonds. The molecule has 1 heterocycles. The fraction of sp³-hybridized carbons (Fsp3) is 0. The van der Waals surface area contributed by atoms with Gasteiger partial charge in [-0.05, 0) is 6.07 Å². The van der Waals surface area contributed by atoms with Gasteiger partial charge in [0, 0.05) is 0 Å². The topological polar surface area (TPSA) is 66.0 Å². The molecule has 0 aliphatic heterocycles. The van der Waals surface area contributed by atoms with Gasteiger partial charge in [-0.3, -0.25) is 0 Å². The van der Waals surface area contributed by atoms with E-state index in [-0.39, 0.29) is 11.0 Å². The van der Waals surface area contributed by atoms with Gasteiger partial charge >= 0.3 is 5.97 Å². The van der Waals surface area contributed by atoms with Crippen molar-refractivity contribution >= 4 is 17.0 Å². The number of fused-ring (bicyclic) bond motifs is 1. The van der Waals surface area contributed by atoms with Gasteiger partial charge < -0.3 is 10.1 Å². The van der Waals surface area contributed by atoms with E-state index >= 15 is 0 Å². The van der Waals surface area contributed by atoms with Gasteiger partial charge in [0.1, 0.15) is 11.1 Å². The molecule has 0 aliphatic carbocycles. The first kappa shape index (κ1) is 8.61. The minimum Gasteiger partial charge on any atom is -0.478 e. The lowest BCUT2D eigenvalue weighted by molar-refractivity contribution is 0.0691. The van der Waals surface area contributed by atoms with E-state index in [9.17, 15) is 13.6 Å². The van der Waals surface area contributed by atoms with Crippen molar-refractivity contribution < 1.29 is 18.7 Å². The van der Waals surface area contributed by atoms with Crippen molar-refractivity contribution in [2.75, 3.05) is 0 Å². The number of hydrogen-bond donors (Lipinski definition) is 2. The second-order valence-electron chi connectivity index (χ2n) is 2.66. The van der Waals surface area contributed by atoms with Crippen molar-refractivity contribution in [1.29, 1.82) is 0 Å².